The van der Waals surface area contributed by atoms with Gasteiger partial charge in [0, 0.05) is 28.9 Å². The molecule has 2 aromatic heterocycles. The van der Waals surface area contributed by atoms with Crippen LogP contribution in [0.1, 0.15) is 60.2 Å². The molecule has 164 valence electrons. The number of carbonyl (C=O) groups is 1. The normalized spacial score (nSPS) is 15.9. The highest BCUT2D eigenvalue weighted by molar-refractivity contribution is 7.98. The number of aromatic nitrogens is 4. The molecule has 0 unspecified atom stereocenters. The molecule has 0 spiro atoms. The summed E-state index contributed by atoms with van der Waals surface area (Å²) in [6, 6.07) is 8.79. The number of thioether (sulfide) groups is 1. The summed E-state index contributed by atoms with van der Waals surface area (Å²) in [5, 5.41) is 8.44. The fourth-order valence-corrected chi connectivity index (χ4v) is 5.13. The monoisotopic (exact) mass is 437 g/mol. The fourth-order valence-electron chi connectivity index (χ4n) is 4.79. The molecule has 1 aromatic carbocycles. The second kappa shape index (κ2) is 8.99. The van der Waals surface area contributed by atoms with Crippen LogP contribution in [0.3, 0.4) is 0 Å². The van der Waals surface area contributed by atoms with E-state index in [1.807, 2.05) is 20.1 Å². The van der Waals surface area contributed by atoms with Gasteiger partial charge in [-0.25, -0.2) is 9.50 Å². The number of nitrogens with one attached hydrogen (secondary N) is 1. The predicted molar refractivity (Wildman–Crippen MR) is 125 cm³/mol. The molecule has 0 radical (unpaired) electrons. The Morgan fingerprint density at radius 1 is 1.16 bits per heavy atom. The van der Waals surface area contributed by atoms with E-state index in [2.05, 4.69) is 51.6 Å². The van der Waals surface area contributed by atoms with Crippen molar-refractivity contribution >= 4 is 23.4 Å². The molecular weight excluding hydrogens is 406 g/mol. The topological polar surface area (TPSA) is 72.2 Å². The molecule has 1 N–H and O–H groups in total. The summed E-state index contributed by atoms with van der Waals surface area (Å²) < 4.78 is 1.75. The summed E-state index contributed by atoms with van der Waals surface area (Å²) in [6.45, 7) is 6.75. The van der Waals surface area contributed by atoms with Crippen molar-refractivity contribution in [3.63, 3.8) is 0 Å². The van der Waals surface area contributed by atoms with Gasteiger partial charge in [-0.3, -0.25) is 4.79 Å². The maximum atomic E-state index is 13.0. The maximum Gasteiger partial charge on any atom is 0.253 e. The predicted octanol–water partition coefficient (Wildman–Crippen LogP) is 4.33. The lowest BCUT2D eigenvalue weighted by atomic mass is 9.69. The number of fused-ring (bicyclic) bond motifs is 1. The first-order chi connectivity index (χ1) is 14.9. The SMILES string of the molecule is CSc1nc2nc(C)c(CC(=O)NCC3(c4cccc(C)c4)CCCCC3)c(C)n2n1. The molecular formula is C24H31N5OS. The molecule has 3 aromatic rings. The zero-order valence-corrected chi connectivity index (χ0v) is 19.7. The summed E-state index contributed by atoms with van der Waals surface area (Å²) in [4.78, 5) is 22.0. The van der Waals surface area contributed by atoms with Gasteiger partial charge in [-0.1, -0.05) is 60.9 Å². The molecule has 0 bridgehead atoms. The van der Waals surface area contributed by atoms with E-state index in [9.17, 15) is 4.79 Å². The molecule has 2 heterocycles. The quantitative estimate of drug-likeness (QED) is 0.581. The Balaban J connectivity index is 1.53. The van der Waals surface area contributed by atoms with Crippen LogP contribution in [0.5, 0.6) is 0 Å². The molecule has 0 aliphatic heterocycles. The van der Waals surface area contributed by atoms with Crippen molar-refractivity contribution in [2.24, 2.45) is 0 Å². The average molecular weight is 438 g/mol. The molecule has 31 heavy (non-hydrogen) atoms. The molecule has 6 nitrogen and oxygen atoms in total. The summed E-state index contributed by atoms with van der Waals surface area (Å²) in [6.07, 6.45) is 8.21. The van der Waals surface area contributed by atoms with E-state index >= 15 is 0 Å². The first-order valence-corrected chi connectivity index (χ1v) is 12.2. The standard InChI is InChI=1S/C24H31N5OS/c1-16-9-8-10-19(13-16)24(11-6-5-7-12-24)15-25-21(30)14-20-17(2)26-22-27-23(31-4)28-29(22)18(20)3/h8-10,13H,5-7,11-12,14-15H2,1-4H3,(H,25,30). The summed E-state index contributed by atoms with van der Waals surface area (Å²) in [5.74, 6) is 0.624. The van der Waals surface area contributed by atoms with Crippen molar-refractivity contribution in [3.05, 3.63) is 52.3 Å². The van der Waals surface area contributed by atoms with Crippen molar-refractivity contribution in [1.82, 2.24) is 24.9 Å². The Bertz CT molecular complexity index is 1100. The molecule has 4 rings (SSSR count). The van der Waals surface area contributed by atoms with Gasteiger partial charge in [0.25, 0.3) is 5.78 Å². The third-order valence-corrected chi connectivity index (χ3v) is 7.15. The molecule has 1 amide bonds. The summed E-state index contributed by atoms with van der Waals surface area (Å²) >= 11 is 1.49. The Labute approximate surface area is 188 Å². The first kappa shape index (κ1) is 21.8. The van der Waals surface area contributed by atoms with Gasteiger partial charge in [-0.2, -0.15) is 4.98 Å². The van der Waals surface area contributed by atoms with Crippen LogP contribution in [0.15, 0.2) is 29.4 Å². The van der Waals surface area contributed by atoms with Crippen LogP contribution in [0.4, 0.5) is 0 Å². The highest BCUT2D eigenvalue weighted by Crippen LogP contribution is 2.39. The number of benzene rings is 1. The van der Waals surface area contributed by atoms with Crippen molar-refractivity contribution < 1.29 is 4.79 Å². The first-order valence-electron chi connectivity index (χ1n) is 11.0. The average Bonchev–Trinajstić information content (AvgIpc) is 3.19. The third-order valence-electron chi connectivity index (χ3n) is 6.61. The van der Waals surface area contributed by atoms with E-state index in [0.717, 1.165) is 29.8 Å². The Morgan fingerprint density at radius 3 is 2.65 bits per heavy atom. The van der Waals surface area contributed by atoms with Gasteiger partial charge in [-0.15, -0.1) is 5.10 Å². The maximum absolute atomic E-state index is 13.0. The minimum Gasteiger partial charge on any atom is -0.355 e. The smallest absolute Gasteiger partial charge is 0.253 e. The molecule has 1 fully saturated rings. The molecule has 0 atom stereocenters. The van der Waals surface area contributed by atoms with Crippen LogP contribution in [0.25, 0.3) is 5.78 Å². The number of aryl methyl sites for hydroxylation is 3. The van der Waals surface area contributed by atoms with E-state index in [1.54, 1.807) is 4.52 Å². The van der Waals surface area contributed by atoms with E-state index < -0.39 is 0 Å². The highest BCUT2D eigenvalue weighted by atomic mass is 32.2. The van der Waals surface area contributed by atoms with Crippen molar-refractivity contribution in [2.45, 2.75) is 69.9 Å². The number of carbonyl (C=O) groups excluding carboxylic acids is 1. The Kier molecular flexibility index (Phi) is 6.32. The Hall–Kier alpha value is -2.41. The lowest BCUT2D eigenvalue weighted by Crippen LogP contribution is -2.42. The lowest BCUT2D eigenvalue weighted by molar-refractivity contribution is -0.120. The summed E-state index contributed by atoms with van der Waals surface area (Å²) in [7, 11) is 0. The van der Waals surface area contributed by atoms with Crippen LogP contribution in [-0.4, -0.2) is 38.3 Å². The second-order valence-electron chi connectivity index (χ2n) is 8.74. The number of hydrogen-bond acceptors (Lipinski definition) is 5. The van der Waals surface area contributed by atoms with Crippen molar-refractivity contribution in [3.8, 4) is 0 Å². The molecule has 7 heteroatoms. The van der Waals surface area contributed by atoms with Gasteiger partial charge in [-0.05, 0) is 45.4 Å². The summed E-state index contributed by atoms with van der Waals surface area (Å²) in [5.41, 5.74) is 5.36. The largest absolute Gasteiger partial charge is 0.355 e. The van der Waals surface area contributed by atoms with Crippen molar-refractivity contribution in [1.29, 1.82) is 0 Å². The number of amides is 1. The number of rotatable bonds is 6. The van der Waals surface area contributed by atoms with E-state index in [0.29, 0.717) is 23.9 Å². The molecule has 1 aliphatic carbocycles. The van der Waals surface area contributed by atoms with Gasteiger partial charge in [0.05, 0.1) is 6.42 Å². The molecule has 1 aliphatic rings. The van der Waals surface area contributed by atoms with Crippen LogP contribution < -0.4 is 5.32 Å². The van der Waals surface area contributed by atoms with Gasteiger partial charge in [0.1, 0.15) is 0 Å². The van der Waals surface area contributed by atoms with Crippen LogP contribution >= 0.6 is 11.8 Å². The lowest BCUT2D eigenvalue weighted by Gasteiger charge is -2.38. The molecule has 1 saturated carbocycles. The minimum atomic E-state index is 0.0331. The number of hydrogen-bond donors (Lipinski definition) is 1. The van der Waals surface area contributed by atoms with Gasteiger partial charge in [0.15, 0.2) is 0 Å². The van der Waals surface area contributed by atoms with Gasteiger partial charge < -0.3 is 5.32 Å². The van der Waals surface area contributed by atoms with E-state index in [1.165, 1.54) is 42.2 Å². The highest BCUT2D eigenvalue weighted by Gasteiger charge is 2.34. The van der Waals surface area contributed by atoms with Crippen LogP contribution in [0, 0.1) is 20.8 Å². The Morgan fingerprint density at radius 2 is 1.94 bits per heavy atom. The number of nitrogens with zero attached hydrogens (tertiary/aromatic N) is 4. The van der Waals surface area contributed by atoms with E-state index in [4.69, 9.17) is 0 Å². The van der Waals surface area contributed by atoms with Gasteiger partial charge >= 0.3 is 0 Å². The molecule has 0 saturated heterocycles. The van der Waals surface area contributed by atoms with E-state index in [-0.39, 0.29) is 11.3 Å². The van der Waals surface area contributed by atoms with Crippen LogP contribution in [-0.2, 0) is 16.6 Å². The zero-order valence-electron chi connectivity index (χ0n) is 18.9. The second-order valence-corrected chi connectivity index (χ2v) is 9.51. The van der Waals surface area contributed by atoms with Crippen molar-refractivity contribution in [2.75, 3.05) is 12.8 Å². The minimum absolute atomic E-state index is 0.0331. The van der Waals surface area contributed by atoms with Crippen LogP contribution in [0.2, 0.25) is 0 Å². The zero-order chi connectivity index (χ0) is 22.0. The fraction of sp³-hybridized carbons (Fsp3) is 0.500. The third kappa shape index (κ3) is 4.47. The van der Waals surface area contributed by atoms with Gasteiger partial charge in [0.2, 0.25) is 11.1 Å².